The van der Waals surface area contributed by atoms with Crippen molar-refractivity contribution in [2.75, 3.05) is 0 Å². The molecule has 12 N–H and O–H groups in total. The van der Waals surface area contributed by atoms with Gasteiger partial charge in [0.2, 0.25) is 0 Å². The molecule has 156 valence electrons. The second-order valence-corrected chi connectivity index (χ2v) is 4.63. The molecule has 0 radical (unpaired) electrons. The number of aliphatic carboxylic acids is 6. The third-order valence-corrected chi connectivity index (χ3v) is 2.14. The van der Waals surface area contributed by atoms with Gasteiger partial charge in [-0.3, -0.25) is 28.8 Å². The number of carboxylic acids is 6. The van der Waals surface area contributed by atoms with Crippen molar-refractivity contribution in [1.29, 1.82) is 0 Å². The number of nitrogens with two attached hydrogens (primary N) is 3. The Labute approximate surface area is 222 Å². The molecule has 0 rings (SSSR count). The minimum absolute atomic E-state index is 0. The molecule has 0 fully saturated rings. The molecule has 0 amide bonds. The van der Waals surface area contributed by atoms with Crippen LogP contribution in [0.4, 0.5) is 0 Å². The molecule has 0 saturated carbocycles. The van der Waals surface area contributed by atoms with Crippen LogP contribution in [0.5, 0.6) is 0 Å². The van der Waals surface area contributed by atoms with E-state index in [4.69, 9.17) is 47.8 Å². The minimum atomic E-state index is -1.29. The minimum Gasteiger partial charge on any atom is -0.481 e. The van der Waals surface area contributed by atoms with Gasteiger partial charge in [0.25, 0.3) is 0 Å². The third-order valence-electron chi connectivity index (χ3n) is 2.14. The Balaban J connectivity index is -0.0000000960. The van der Waals surface area contributed by atoms with Crippen LogP contribution in [-0.2, 0) is 28.8 Å². The topological polar surface area (TPSA) is 302 Å². The standard InChI is InChI=1S/3C4H7NO4.K.Mg/c3*5-2(4(8)9)1-3(6)7;;/h3*2H,1,5H2,(H,6,7)(H,8,9);;/q;;;+1;+2/t3*2-;;/m000../s1. The second-order valence-electron chi connectivity index (χ2n) is 4.63. The molecule has 3 atom stereocenters. The molecule has 0 aromatic carbocycles. The first-order valence-corrected chi connectivity index (χ1v) is 6.72. The zero-order chi connectivity index (χ0) is 22.3. The summed E-state index contributed by atoms with van der Waals surface area (Å²) >= 11 is 0. The van der Waals surface area contributed by atoms with Gasteiger partial charge in [-0.1, -0.05) is 0 Å². The fourth-order valence-electron chi connectivity index (χ4n) is 0.826. The Kier molecular flexibility index (Phi) is 29.1. The molecule has 0 aromatic rings. The van der Waals surface area contributed by atoms with E-state index in [0.717, 1.165) is 0 Å². The van der Waals surface area contributed by atoms with Gasteiger partial charge in [0.15, 0.2) is 0 Å². The summed E-state index contributed by atoms with van der Waals surface area (Å²) in [6, 6.07) is -3.87. The van der Waals surface area contributed by atoms with Gasteiger partial charge < -0.3 is 47.8 Å². The van der Waals surface area contributed by atoms with Crippen molar-refractivity contribution in [3.05, 3.63) is 0 Å². The van der Waals surface area contributed by atoms with E-state index in [9.17, 15) is 28.8 Å². The van der Waals surface area contributed by atoms with Gasteiger partial charge >= 0.3 is 110 Å². The Bertz CT molecular complexity index is 486. The van der Waals surface area contributed by atoms with E-state index in [1.165, 1.54) is 0 Å². The first kappa shape index (κ1) is 38.7. The van der Waals surface area contributed by atoms with Crippen LogP contribution in [0.15, 0.2) is 0 Å². The van der Waals surface area contributed by atoms with Gasteiger partial charge in [-0.15, -0.1) is 0 Å². The van der Waals surface area contributed by atoms with Crippen LogP contribution in [0, 0.1) is 0 Å². The molecule has 0 aliphatic carbocycles. The summed E-state index contributed by atoms with van der Waals surface area (Å²) in [4.78, 5) is 58.9. The molecule has 0 spiro atoms. The average molecular weight is 463 g/mol. The van der Waals surface area contributed by atoms with E-state index in [-0.39, 0.29) is 74.4 Å². The molecule has 15 nitrogen and oxygen atoms in total. The predicted octanol–water partition coefficient (Wildman–Crippen LogP) is -6.76. The molecule has 0 aromatic heterocycles. The SMILES string of the molecule is N[C@@H](CC(=O)O)C(=O)O.N[C@@H](CC(=O)O)C(=O)O.N[C@@H](CC(=O)O)C(=O)O.[K+].[Mg+2]. The van der Waals surface area contributed by atoms with E-state index in [1.54, 1.807) is 0 Å². The summed E-state index contributed by atoms with van der Waals surface area (Å²) in [5, 5.41) is 48.1. The molecule has 0 saturated heterocycles. The van der Waals surface area contributed by atoms with Crippen LogP contribution >= 0.6 is 0 Å². The predicted molar refractivity (Wildman–Crippen MR) is 89.3 cm³/mol. The smallest absolute Gasteiger partial charge is 0.481 e. The van der Waals surface area contributed by atoms with Gasteiger partial charge in [-0.2, -0.15) is 0 Å². The molecule has 0 unspecified atom stereocenters. The van der Waals surface area contributed by atoms with E-state index >= 15 is 0 Å². The molecule has 0 bridgehead atoms. The monoisotopic (exact) mass is 462 g/mol. The zero-order valence-corrected chi connectivity index (χ0v) is 20.0. The van der Waals surface area contributed by atoms with Crippen LogP contribution in [0.1, 0.15) is 19.3 Å². The number of carbonyl (C=O) groups is 6. The maximum Gasteiger partial charge on any atom is 2.00 e. The summed E-state index contributed by atoms with van der Waals surface area (Å²) in [5.74, 6) is -7.49. The molecule has 0 heterocycles. The molecule has 29 heavy (non-hydrogen) atoms. The molecule has 0 aliphatic heterocycles. The second kappa shape index (κ2) is 21.8. The first-order chi connectivity index (χ1) is 12.1. The van der Waals surface area contributed by atoms with Crippen LogP contribution in [0.25, 0.3) is 0 Å². The summed E-state index contributed by atoms with van der Waals surface area (Å²) in [5.41, 5.74) is 14.5. The number of carboxylic acid groups (broad SMARTS) is 6. The van der Waals surface area contributed by atoms with E-state index in [1.807, 2.05) is 0 Å². The maximum atomic E-state index is 9.85. The fourth-order valence-corrected chi connectivity index (χ4v) is 0.826. The summed E-state index contributed by atoms with van der Waals surface area (Å²) in [7, 11) is 0. The zero-order valence-electron chi connectivity index (χ0n) is 15.4. The molecule has 0 aliphatic rings. The van der Waals surface area contributed by atoms with Crippen molar-refractivity contribution in [2.45, 2.75) is 37.4 Å². The van der Waals surface area contributed by atoms with Crippen molar-refractivity contribution in [3.63, 3.8) is 0 Å². The fraction of sp³-hybridized carbons (Fsp3) is 0.500. The van der Waals surface area contributed by atoms with E-state index in [2.05, 4.69) is 0 Å². The Hall–Kier alpha value is -0.897. The van der Waals surface area contributed by atoms with Crippen LogP contribution in [0.2, 0.25) is 0 Å². The normalized spacial score (nSPS) is 11.7. The van der Waals surface area contributed by atoms with Crippen molar-refractivity contribution < 1.29 is 111 Å². The van der Waals surface area contributed by atoms with E-state index in [0.29, 0.717) is 0 Å². The number of hydrogen-bond donors (Lipinski definition) is 9. The van der Waals surface area contributed by atoms with Crippen LogP contribution < -0.4 is 68.6 Å². The van der Waals surface area contributed by atoms with Gasteiger partial charge in [-0.05, 0) is 0 Å². The maximum absolute atomic E-state index is 9.85. The van der Waals surface area contributed by atoms with Gasteiger partial charge in [0.05, 0.1) is 19.3 Å². The van der Waals surface area contributed by atoms with Crippen molar-refractivity contribution in [2.24, 2.45) is 17.2 Å². The number of rotatable bonds is 9. The van der Waals surface area contributed by atoms with Crippen molar-refractivity contribution in [1.82, 2.24) is 0 Å². The quantitative estimate of drug-likeness (QED) is 0.144. The summed E-state index contributed by atoms with van der Waals surface area (Å²) in [6.07, 6.45) is -1.60. The summed E-state index contributed by atoms with van der Waals surface area (Å²) in [6.45, 7) is 0. The van der Waals surface area contributed by atoms with Crippen LogP contribution in [0.3, 0.4) is 0 Å². The Morgan fingerprint density at radius 2 is 0.655 bits per heavy atom. The Morgan fingerprint density at radius 1 is 0.517 bits per heavy atom. The van der Waals surface area contributed by atoms with E-state index < -0.39 is 73.2 Å². The van der Waals surface area contributed by atoms with Gasteiger partial charge in [-0.25, -0.2) is 0 Å². The van der Waals surface area contributed by atoms with Gasteiger partial charge in [0, 0.05) is 0 Å². The third kappa shape index (κ3) is 32.0. The van der Waals surface area contributed by atoms with Crippen molar-refractivity contribution >= 4 is 58.9 Å². The number of hydrogen-bond acceptors (Lipinski definition) is 9. The Morgan fingerprint density at radius 3 is 0.690 bits per heavy atom. The van der Waals surface area contributed by atoms with Crippen molar-refractivity contribution in [3.8, 4) is 0 Å². The molecular formula is C12H21KMgN3O12+3. The summed E-state index contributed by atoms with van der Waals surface area (Å²) < 4.78 is 0. The van der Waals surface area contributed by atoms with Gasteiger partial charge in [0.1, 0.15) is 18.1 Å². The average Bonchev–Trinajstić information content (AvgIpc) is 2.46. The largest absolute Gasteiger partial charge is 2.00 e. The first-order valence-electron chi connectivity index (χ1n) is 6.72. The van der Waals surface area contributed by atoms with Crippen LogP contribution in [-0.4, -0.2) is 108 Å². The molecule has 17 heteroatoms. The molecular weight excluding hydrogens is 442 g/mol.